The summed E-state index contributed by atoms with van der Waals surface area (Å²) in [7, 11) is 0. The van der Waals surface area contributed by atoms with Crippen LogP contribution in [-0.4, -0.2) is 34.4 Å². The summed E-state index contributed by atoms with van der Waals surface area (Å²) in [5.74, 6) is 0.0242. The monoisotopic (exact) mass is 360 g/mol. The molecule has 3 aromatic rings. The quantitative estimate of drug-likeness (QED) is 0.732. The first-order valence-electron chi connectivity index (χ1n) is 8.96. The number of aryl methyl sites for hydroxylation is 1. The van der Waals surface area contributed by atoms with Crippen LogP contribution in [0.1, 0.15) is 32.7 Å². The number of carbonyl (C=O) groups is 2. The molecule has 136 valence electrons. The Bertz CT molecular complexity index is 1020. The van der Waals surface area contributed by atoms with Crippen molar-refractivity contribution in [3.05, 3.63) is 71.7 Å². The van der Waals surface area contributed by atoms with Crippen molar-refractivity contribution in [2.24, 2.45) is 5.92 Å². The van der Waals surface area contributed by atoms with Crippen LogP contribution in [-0.2, 0) is 0 Å². The molecule has 6 heteroatoms. The third-order valence-corrected chi connectivity index (χ3v) is 4.92. The van der Waals surface area contributed by atoms with Gasteiger partial charge >= 0.3 is 0 Å². The summed E-state index contributed by atoms with van der Waals surface area (Å²) >= 11 is 0. The van der Waals surface area contributed by atoms with Crippen molar-refractivity contribution in [2.45, 2.75) is 19.4 Å². The van der Waals surface area contributed by atoms with Crippen LogP contribution in [0.3, 0.4) is 0 Å². The van der Waals surface area contributed by atoms with Gasteiger partial charge in [-0.25, -0.2) is 0 Å². The third kappa shape index (κ3) is 3.79. The highest BCUT2D eigenvalue weighted by molar-refractivity contribution is 5.98. The zero-order valence-corrected chi connectivity index (χ0v) is 15.0. The minimum absolute atomic E-state index is 0.0900. The maximum absolute atomic E-state index is 12.5. The Labute approximate surface area is 157 Å². The molecule has 0 unspecified atom stereocenters. The van der Waals surface area contributed by atoms with Gasteiger partial charge in [0.1, 0.15) is 0 Å². The van der Waals surface area contributed by atoms with Crippen LogP contribution in [0.4, 0.5) is 0 Å². The number of nitrogens with one attached hydrogen (secondary N) is 2. The molecule has 6 nitrogen and oxygen atoms in total. The van der Waals surface area contributed by atoms with E-state index in [4.69, 9.17) is 0 Å². The van der Waals surface area contributed by atoms with Crippen LogP contribution < -0.4 is 10.6 Å². The summed E-state index contributed by atoms with van der Waals surface area (Å²) in [6.45, 7) is 2.42. The number of aromatic nitrogens is 2. The first kappa shape index (κ1) is 17.1. The second-order valence-electron chi connectivity index (χ2n) is 6.89. The molecule has 1 aliphatic rings. The van der Waals surface area contributed by atoms with E-state index in [-0.39, 0.29) is 23.8 Å². The molecule has 1 aliphatic carbocycles. The van der Waals surface area contributed by atoms with Gasteiger partial charge in [0.05, 0.1) is 11.1 Å². The summed E-state index contributed by atoms with van der Waals surface area (Å²) in [6, 6.07) is 11.3. The largest absolute Gasteiger partial charge is 0.352 e. The Morgan fingerprint density at radius 3 is 2.89 bits per heavy atom. The molecule has 0 aliphatic heterocycles. The maximum Gasteiger partial charge on any atom is 0.253 e. The van der Waals surface area contributed by atoms with Crippen molar-refractivity contribution < 1.29 is 9.59 Å². The molecule has 2 heterocycles. The lowest BCUT2D eigenvalue weighted by molar-refractivity contribution is 0.0949. The van der Waals surface area contributed by atoms with Crippen LogP contribution in [0.25, 0.3) is 10.9 Å². The molecule has 0 saturated heterocycles. The summed E-state index contributed by atoms with van der Waals surface area (Å²) in [5, 5.41) is 6.96. The van der Waals surface area contributed by atoms with Gasteiger partial charge in [0.25, 0.3) is 11.8 Å². The van der Waals surface area contributed by atoms with Gasteiger partial charge in [-0.05, 0) is 49.1 Å². The number of nitrogens with zero attached hydrogens (tertiary/aromatic N) is 2. The summed E-state index contributed by atoms with van der Waals surface area (Å²) in [6.07, 6.45) is 5.82. The Morgan fingerprint density at radius 2 is 2.04 bits per heavy atom. The molecule has 0 radical (unpaired) electrons. The van der Waals surface area contributed by atoms with E-state index in [0.717, 1.165) is 22.9 Å². The average Bonchev–Trinajstić information content (AvgIpc) is 3.43. The molecule has 0 spiro atoms. The maximum atomic E-state index is 12.5. The fourth-order valence-corrected chi connectivity index (χ4v) is 3.13. The average molecular weight is 360 g/mol. The van der Waals surface area contributed by atoms with Gasteiger partial charge in [-0.1, -0.05) is 12.1 Å². The lowest BCUT2D eigenvalue weighted by Crippen LogP contribution is -2.31. The van der Waals surface area contributed by atoms with Gasteiger partial charge in [0.2, 0.25) is 0 Å². The molecule has 27 heavy (non-hydrogen) atoms. The summed E-state index contributed by atoms with van der Waals surface area (Å²) in [4.78, 5) is 33.0. The fraction of sp³-hybridized carbons (Fsp3) is 0.238. The van der Waals surface area contributed by atoms with Gasteiger partial charge in [0, 0.05) is 42.1 Å². The molecule has 2 aromatic heterocycles. The molecule has 0 bridgehead atoms. The third-order valence-electron chi connectivity index (χ3n) is 4.92. The van der Waals surface area contributed by atoms with Gasteiger partial charge < -0.3 is 10.6 Å². The van der Waals surface area contributed by atoms with E-state index in [0.29, 0.717) is 17.7 Å². The van der Waals surface area contributed by atoms with E-state index in [1.807, 2.05) is 37.3 Å². The Kier molecular flexibility index (Phi) is 4.54. The second-order valence-corrected chi connectivity index (χ2v) is 6.89. The van der Waals surface area contributed by atoms with Crippen molar-refractivity contribution >= 4 is 22.7 Å². The van der Waals surface area contributed by atoms with E-state index < -0.39 is 0 Å². The van der Waals surface area contributed by atoms with Crippen LogP contribution in [0, 0.1) is 12.8 Å². The molecular weight excluding hydrogens is 340 g/mol. The normalized spacial score (nSPS) is 18.1. The van der Waals surface area contributed by atoms with E-state index in [9.17, 15) is 9.59 Å². The minimum atomic E-state index is -0.127. The molecular formula is C21H20N4O2. The molecule has 2 atom stereocenters. The molecule has 4 rings (SSSR count). The van der Waals surface area contributed by atoms with Gasteiger partial charge in [-0.3, -0.25) is 19.6 Å². The van der Waals surface area contributed by atoms with Crippen LogP contribution >= 0.6 is 0 Å². The van der Waals surface area contributed by atoms with Crippen molar-refractivity contribution in [2.75, 3.05) is 6.54 Å². The van der Waals surface area contributed by atoms with E-state index >= 15 is 0 Å². The first-order valence-corrected chi connectivity index (χ1v) is 8.96. The number of benzene rings is 1. The molecule has 2 amide bonds. The van der Waals surface area contributed by atoms with Gasteiger partial charge in [-0.2, -0.15) is 0 Å². The van der Waals surface area contributed by atoms with Crippen molar-refractivity contribution in [1.29, 1.82) is 0 Å². The van der Waals surface area contributed by atoms with E-state index in [1.54, 1.807) is 24.7 Å². The highest BCUT2D eigenvalue weighted by Gasteiger charge is 2.38. The van der Waals surface area contributed by atoms with Crippen LogP contribution in [0.5, 0.6) is 0 Å². The lowest BCUT2D eigenvalue weighted by Gasteiger charge is -2.08. The summed E-state index contributed by atoms with van der Waals surface area (Å²) < 4.78 is 0. The SMILES string of the molecule is Cc1ccncc1C(=O)NC[C@@H]1C[C@@H]1NC(=O)c1ccc2cccnc2c1. The number of fused-ring (bicyclic) bond motifs is 1. The number of pyridine rings is 2. The standard InChI is InChI=1S/C21H20N4O2/c1-13-6-8-22-12-17(13)21(27)24-11-16-10-19(16)25-20(26)15-5-4-14-3-2-7-23-18(14)9-15/h2-9,12,16,19H,10-11H2,1H3,(H,24,27)(H,25,26)/t16-,19-/m0/s1. The second kappa shape index (κ2) is 7.15. The van der Waals surface area contributed by atoms with Gasteiger partial charge in [-0.15, -0.1) is 0 Å². The number of rotatable bonds is 5. The Balaban J connectivity index is 1.30. The number of carbonyl (C=O) groups excluding carboxylic acids is 2. The van der Waals surface area contributed by atoms with Crippen molar-refractivity contribution in [3.63, 3.8) is 0 Å². The predicted molar refractivity (Wildman–Crippen MR) is 102 cm³/mol. The highest BCUT2D eigenvalue weighted by atomic mass is 16.2. The molecule has 1 fully saturated rings. The summed E-state index contributed by atoms with van der Waals surface area (Å²) in [5.41, 5.74) is 2.88. The Morgan fingerprint density at radius 1 is 1.15 bits per heavy atom. The first-order chi connectivity index (χ1) is 13.1. The Hall–Kier alpha value is -3.28. The van der Waals surface area contributed by atoms with Crippen molar-refractivity contribution in [3.8, 4) is 0 Å². The zero-order chi connectivity index (χ0) is 18.8. The predicted octanol–water partition coefficient (Wildman–Crippen LogP) is 2.49. The van der Waals surface area contributed by atoms with Crippen LogP contribution in [0.2, 0.25) is 0 Å². The number of hydrogen-bond donors (Lipinski definition) is 2. The van der Waals surface area contributed by atoms with E-state index in [1.165, 1.54) is 0 Å². The van der Waals surface area contributed by atoms with Gasteiger partial charge in [0.15, 0.2) is 0 Å². The molecule has 1 saturated carbocycles. The van der Waals surface area contributed by atoms with Crippen molar-refractivity contribution in [1.82, 2.24) is 20.6 Å². The smallest absolute Gasteiger partial charge is 0.253 e. The minimum Gasteiger partial charge on any atom is -0.352 e. The highest BCUT2D eigenvalue weighted by Crippen LogP contribution is 2.30. The lowest BCUT2D eigenvalue weighted by atomic mass is 10.1. The van der Waals surface area contributed by atoms with Crippen LogP contribution in [0.15, 0.2) is 55.0 Å². The number of amides is 2. The molecule has 2 N–H and O–H groups in total. The number of hydrogen-bond acceptors (Lipinski definition) is 4. The fourth-order valence-electron chi connectivity index (χ4n) is 3.13. The molecule has 1 aromatic carbocycles. The topological polar surface area (TPSA) is 84.0 Å². The van der Waals surface area contributed by atoms with E-state index in [2.05, 4.69) is 20.6 Å². The zero-order valence-electron chi connectivity index (χ0n) is 15.0.